The number of nitrogens with zero attached hydrogens (tertiary/aromatic N) is 3. The predicted octanol–water partition coefficient (Wildman–Crippen LogP) is 3.10. The zero-order chi connectivity index (χ0) is 24.1. The Morgan fingerprint density at radius 3 is 2.24 bits per heavy atom. The lowest BCUT2D eigenvalue weighted by Gasteiger charge is -2.52. The Labute approximate surface area is 187 Å². The smallest absolute Gasteiger partial charge is 0.406 e. The van der Waals surface area contributed by atoms with Gasteiger partial charge in [0.05, 0.1) is 0 Å². The molecule has 3 aromatic rings. The van der Waals surface area contributed by atoms with E-state index in [1.165, 1.54) is 38.4 Å². The molecule has 1 aliphatic heterocycles. The number of hydrogen-bond acceptors (Lipinski definition) is 8. The molecule has 2 aromatic heterocycles. The van der Waals surface area contributed by atoms with Gasteiger partial charge in [0, 0.05) is 42.0 Å². The predicted molar refractivity (Wildman–Crippen MR) is 110 cm³/mol. The normalized spacial score (nSPS) is 17.8. The lowest BCUT2D eigenvalue weighted by molar-refractivity contribution is -0.274. The molecule has 3 N–H and O–H groups in total. The van der Waals surface area contributed by atoms with Gasteiger partial charge in [-0.1, -0.05) is 24.2 Å². The first-order chi connectivity index (χ1) is 15.3. The van der Waals surface area contributed by atoms with Crippen LogP contribution in [0.4, 0.5) is 13.2 Å². The summed E-state index contributed by atoms with van der Waals surface area (Å²) < 4.78 is 46.7. The number of aliphatic hydroxyl groups is 2. The number of nitrogens with one attached hydrogen (secondary N) is 1. The van der Waals surface area contributed by atoms with E-state index >= 15 is 0 Å². The highest BCUT2D eigenvalue weighted by atomic mass is 19.4. The highest BCUT2D eigenvalue weighted by Crippen LogP contribution is 2.48. The molecule has 0 aliphatic carbocycles. The molecule has 4 rings (SSSR count). The van der Waals surface area contributed by atoms with E-state index in [2.05, 4.69) is 25.2 Å². The van der Waals surface area contributed by atoms with Gasteiger partial charge < -0.3 is 24.8 Å². The van der Waals surface area contributed by atoms with Crippen LogP contribution in [0.25, 0.3) is 11.4 Å². The standard InChI is InChI=1S/C22H23F3N4O4/c1-19(2,30)18-28-17(29-33-18)13-8-15(10-26-9-13)21(31,20(3)11-27-12-20)14-4-6-16(7-5-14)32-22(23,24)25/h4-10,27,30-31H,11-12H2,1-3H3/t21-/m0/s1. The summed E-state index contributed by atoms with van der Waals surface area (Å²) in [6, 6.07) is 6.77. The van der Waals surface area contributed by atoms with Gasteiger partial charge in [-0.05, 0) is 37.6 Å². The molecule has 33 heavy (non-hydrogen) atoms. The molecular weight excluding hydrogens is 441 g/mol. The van der Waals surface area contributed by atoms with Crippen LogP contribution in [-0.2, 0) is 11.2 Å². The first kappa shape index (κ1) is 23.1. The average Bonchev–Trinajstić information content (AvgIpc) is 3.22. The monoisotopic (exact) mass is 464 g/mol. The summed E-state index contributed by atoms with van der Waals surface area (Å²) in [6.45, 7) is 5.83. The fraction of sp³-hybridized carbons (Fsp3) is 0.409. The molecule has 1 aromatic carbocycles. The van der Waals surface area contributed by atoms with Crippen LogP contribution in [-0.4, -0.2) is 44.8 Å². The van der Waals surface area contributed by atoms with Crippen LogP contribution in [0, 0.1) is 5.41 Å². The van der Waals surface area contributed by atoms with Crippen molar-refractivity contribution in [3.05, 3.63) is 59.7 Å². The molecule has 0 radical (unpaired) electrons. The van der Waals surface area contributed by atoms with E-state index in [1.54, 1.807) is 6.07 Å². The van der Waals surface area contributed by atoms with Gasteiger partial charge in [-0.15, -0.1) is 13.2 Å². The molecule has 0 saturated carbocycles. The third-order valence-corrected chi connectivity index (χ3v) is 5.77. The van der Waals surface area contributed by atoms with E-state index in [0.29, 0.717) is 29.8 Å². The molecule has 1 atom stereocenters. The number of benzene rings is 1. The average molecular weight is 464 g/mol. The number of rotatable bonds is 6. The zero-order valence-electron chi connectivity index (χ0n) is 18.1. The van der Waals surface area contributed by atoms with E-state index in [1.807, 2.05) is 6.92 Å². The van der Waals surface area contributed by atoms with E-state index < -0.39 is 23.0 Å². The van der Waals surface area contributed by atoms with Gasteiger partial charge in [-0.25, -0.2) is 0 Å². The van der Waals surface area contributed by atoms with Crippen molar-refractivity contribution in [2.75, 3.05) is 13.1 Å². The summed E-state index contributed by atoms with van der Waals surface area (Å²) in [7, 11) is 0. The van der Waals surface area contributed by atoms with Gasteiger partial charge in [-0.2, -0.15) is 4.98 Å². The van der Waals surface area contributed by atoms with E-state index in [9.17, 15) is 23.4 Å². The summed E-state index contributed by atoms with van der Waals surface area (Å²) in [5.41, 5.74) is -2.37. The summed E-state index contributed by atoms with van der Waals surface area (Å²) in [5.74, 6) is -0.188. The maximum atomic E-state index is 12.6. The maximum Gasteiger partial charge on any atom is 0.573 e. The number of ether oxygens (including phenoxy) is 1. The van der Waals surface area contributed by atoms with E-state index in [-0.39, 0.29) is 17.5 Å². The molecule has 0 unspecified atom stereocenters. The number of halogens is 3. The molecule has 1 fully saturated rings. The van der Waals surface area contributed by atoms with Gasteiger partial charge in [0.25, 0.3) is 5.89 Å². The molecule has 3 heterocycles. The fourth-order valence-electron chi connectivity index (χ4n) is 3.87. The number of hydrogen-bond donors (Lipinski definition) is 3. The Kier molecular flexibility index (Phi) is 5.46. The van der Waals surface area contributed by atoms with E-state index in [0.717, 1.165) is 12.1 Å². The molecule has 1 saturated heterocycles. The minimum atomic E-state index is -4.81. The Hall–Kier alpha value is -3.02. The Morgan fingerprint density at radius 2 is 1.73 bits per heavy atom. The fourth-order valence-corrected chi connectivity index (χ4v) is 3.87. The second-order valence-corrected chi connectivity index (χ2v) is 8.89. The van der Waals surface area contributed by atoms with Gasteiger partial charge in [0.1, 0.15) is 17.0 Å². The lowest BCUT2D eigenvalue weighted by atomic mass is 9.63. The van der Waals surface area contributed by atoms with Crippen molar-refractivity contribution in [3.63, 3.8) is 0 Å². The first-order valence-corrected chi connectivity index (χ1v) is 10.1. The second kappa shape index (κ2) is 7.79. The highest BCUT2D eigenvalue weighted by molar-refractivity contribution is 5.56. The Bertz CT molecular complexity index is 1140. The topological polar surface area (TPSA) is 114 Å². The van der Waals surface area contributed by atoms with Crippen molar-refractivity contribution in [2.24, 2.45) is 5.41 Å². The SMILES string of the molecule is CC(C)(O)c1nc(-c2cncc([C@@](O)(c3ccc(OC(F)(F)F)cc3)C3(C)CNC3)c2)no1. The molecule has 0 bridgehead atoms. The highest BCUT2D eigenvalue weighted by Gasteiger charge is 2.53. The van der Waals surface area contributed by atoms with Crippen molar-refractivity contribution in [3.8, 4) is 17.1 Å². The molecular formula is C22H23F3N4O4. The number of pyridine rings is 1. The van der Waals surface area contributed by atoms with Crippen LogP contribution in [0.5, 0.6) is 5.75 Å². The van der Waals surface area contributed by atoms with Crippen molar-refractivity contribution in [1.82, 2.24) is 20.4 Å². The van der Waals surface area contributed by atoms with E-state index in [4.69, 9.17) is 4.52 Å². The number of alkyl halides is 3. The minimum absolute atomic E-state index is 0.0218. The van der Waals surface area contributed by atoms with Gasteiger partial charge >= 0.3 is 6.36 Å². The summed E-state index contributed by atoms with van der Waals surface area (Å²) >= 11 is 0. The molecule has 176 valence electrons. The van der Waals surface area contributed by atoms with Crippen molar-refractivity contribution in [1.29, 1.82) is 0 Å². The van der Waals surface area contributed by atoms with Crippen molar-refractivity contribution < 1.29 is 32.6 Å². The molecule has 1 aliphatic rings. The van der Waals surface area contributed by atoms with Crippen molar-refractivity contribution >= 4 is 0 Å². The van der Waals surface area contributed by atoms with Crippen molar-refractivity contribution in [2.45, 2.75) is 38.3 Å². The van der Waals surface area contributed by atoms with Crippen LogP contribution in [0.15, 0.2) is 47.2 Å². The second-order valence-electron chi connectivity index (χ2n) is 8.89. The lowest BCUT2D eigenvalue weighted by Crippen LogP contribution is -2.63. The summed E-state index contributed by atoms with van der Waals surface area (Å²) in [5, 5.41) is 29.1. The molecule has 0 spiro atoms. The number of aromatic nitrogens is 3. The van der Waals surface area contributed by atoms with Gasteiger partial charge in [-0.3, -0.25) is 4.98 Å². The zero-order valence-corrected chi connectivity index (χ0v) is 18.1. The summed E-state index contributed by atoms with van der Waals surface area (Å²) in [6.07, 6.45) is -1.83. The van der Waals surface area contributed by atoms with Gasteiger partial charge in [0.2, 0.25) is 5.82 Å². The van der Waals surface area contributed by atoms with Crippen LogP contribution in [0.1, 0.15) is 37.8 Å². The maximum absolute atomic E-state index is 12.6. The summed E-state index contributed by atoms with van der Waals surface area (Å²) in [4.78, 5) is 8.43. The van der Waals surface area contributed by atoms with Crippen LogP contribution in [0.3, 0.4) is 0 Å². The first-order valence-electron chi connectivity index (χ1n) is 10.1. The molecule has 0 amide bonds. The van der Waals surface area contributed by atoms with Crippen LogP contribution < -0.4 is 10.1 Å². The third kappa shape index (κ3) is 4.31. The Morgan fingerprint density at radius 1 is 1.06 bits per heavy atom. The molecule has 8 nitrogen and oxygen atoms in total. The Balaban J connectivity index is 1.76. The largest absolute Gasteiger partial charge is 0.573 e. The van der Waals surface area contributed by atoms with Gasteiger partial charge in [0.15, 0.2) is 0 Å². The molecule has 11 heteroatoms. The van der Waals surface area contributed by atoms with Crippen LogP contribution in [0.2, 0.25) is 0 Å². The van der Waals surface area contributed by atoms with Crippen LogP contribution >= 0.6 is 0 Å². The quantitative estimate of drug-likeness (QED) is 0.510. The minimum Gasteiger partial charge on any atom is -0.406 e. The third-order valence-electron chi connectivity index (χ3n) is 5.77.